The Morgan fingerprint density at radius 1 is 1.12 bits per heavy atom. The fraction of sp³-hybridized carbons (Fsp3) is 0.933. The van der Waals surface area contributed by atoms with Crippen LogP contribution in [0.2, 0.25) is 0 Å². The molecule has 0 saturated carbocycles. The van der Waals surface area contributed by atoms with Crippen molar-refractivity contribution in [1.29, 1.82) is 0 Å². The molecule has 0 saturated heterocycles. The van der Waals surface area contributed by atoms with E-state index in [9.17, 15) is 4.79 Å². The van der Waals surface area contributed by atoms with Crippen LogP contribution in [0.1, 0.15) is 67.7 Å². The van der Waals surface area contributed by atoms with Crippen LogP contribution in [0.25, 0.3) is 0 Å². The van der Waals surface area contributed by atoms with Crippen molar-refractivity contribution in [2.24, 2.45) is 16.7 Å². The Morgan fingerprint density at radius 3 is 2.00 bits per heavy atom. The van der Waals surface area contributed by atoms with Gasteiger partial charge in [-0.2, -0.15) is 0 Å². The maximum Gasteiger partial charge on any atom is 0.223 e. The number of rotatable bonds is 5. The summed E-state index contributed by atoms with van der Waals surface area (Å²) in [6.45, 7) is 16.0. The average molecular weight is 241 g/mol. The lowest BCUT2D eigenvalue weighted by Crippen LogP contribution is -2.40. The van der Waals surface area contributed by atoms with Crippen LogP contribution in [-0.2, 0) is 4.79 Å². The third-order valence-corrected chi connectivity index (χ3v) is 3.01. The molecule has 0 radical (unpaired) electrons. The highest BCUT2D eigenvalue weighted by Crippen LogP contribution is 2.36. The summed E-state index contributed by atoms with van der Waals surface area (Å²) in [6, 6.07) is 0. The summed E-state index contributed by atoms with van der Waals surface area (Å²) in [5.41, 5.74) is 0.226. The molecule has 102 valence electrons. The van der Waals surface area contributed by atoms with E-state index in [-0.39, 0.29) is 22.7 Å². The van der Waals surface area contributed by atoms with Crippen molar-refractivity contribution >= 4 is 5.91 Å². The van der Waals surface area contributed by atoms with Crippen LogP contribution >= 0.6 is 0 Å². The van der Waals surface area contributed by atoms with E-state index in [1.807, 2.05) is 0 Å². The zero-order chi connectivity index (χ0) is 13.7. The molecule has 1 amide bonds. The molecule has 0 aliphatic carbocycles. The first kappa shape index (κ1) is 16.5. The zero-order valence-electron chi connectivity index (χ0n) is 12.8. The summed E-state index contributed by atoms with van der Waals surface area (Å²) >= 11 is 0. The van der Waals surface area contributed by atoms with Gasteiger partial charge in [0.1, 0.15) is 0 Å². The maximum atomic E-state index is 12.2. The van der Waals surface area contributed by atoms with Crippen molar-refractivity contribution in [2.45, 2.75) is 67.7 Å². The minimum absolute atomic E-state index is 0.0313. The molecular formula is C15H31NO. The molecule has 1 N–H and O–H groups in total. The van der Waals surface area contributed by atoms with Crippen molar-refractivity contribution in [3.8, 4) is 0 Å². The third-order valence-electron chi connectivity index (χ3n) is 3.01. The van der Waals surface area contributed by atoms with Gasteiger partial charge in [-0.05, 0) is 23.7 Å². The van der Waals surface area contributed by atoms with E-state index in [4.69, 9.17) is 0 Å². The molecule has 0 rings (SSSR count). The zero-order valence-corrected chi connectivity index (χ0v) is 12.8. The lowest BCUT2D eigenvalue weighted by Gasteiger charge is -2.34. The number of amides is 1. The molecule has 2 nitrogen and oxygen atoms in total. The van der Waals surface area contributed by atoms with Gasteiger partial charge in [-0.15, -0.1) is 0 Å². The van der Waals surface area contributed by atoms with Crippen molar-refractivity contribution in [1.82, 2.24) is 5.32 Å². The number of nitrogens with one attached hydrogen (secondary N) is 1. The molecule has 1 unspecified atom stereocenters. The van der Waals surface area contributed by atoms with Crippen LogP contribution in [0.5, 0.6) is 0 Å². The van der Waals surface area contributed by atoms with Gasteiger partial charge in [-0.25, -0.2) is 0 Å². The van der Waals surface area contributed by atoms with E-state index in [2.05, 4.69) is 53.8 Å². The smallest absolute Gasteiger partial charge is 0.223 e. The summed E-state index contributed by atoms with van der Waals surface area (Å²) in [4.78, 5) is 12.2. The fourth-order valence-electron chi connectivity index (χ4n) is 1.92. The van der Waals surface area contributed by atoms with E-state index in [1.165, 1.54) is 0 Å². The Labute approximate surface area is 108 Å². The Balaban J connectivity index is 4.54. The number of unbranched alkanes of at least 4 members (excludes halogenated alkanes) is 1. The summed E-state index contributed by atoms with van der Waals surface area (Å²) in [5, 5.41) is 3.07. The average Bonchev–Trinajstić information content (AvgIpc) is 2.11. The van der Waals surface area contributed by atoms with Crippen LogP contribution in [0.4, 0.5) is 0 Å². The Morgan fingerprint density at radius 2 is 1.65 bits per heavy atom. The van der Waals surface area contributed by atoms with Gasteiger partial charge in [0.15, 0.2) is 0 Å². The minimum Gasteiger partial charge on any atom is -0.356 e. The van der Waals surface area contributed by atoms with Crippen LogP contribution in [-0.4, -0.2) is 12.5 Å². The van der Waals surface area contributed by atoms with Crippen LogP contribution in [0.15, 0.2) is 0 Å². The third kappa shape index (κ3) is 7.40. The summed E-state index contributed by atoms with van der Waals surface area (Å²) in [6.07, 6.45) is 3.13. The lowest BCUT2D eigenvalue weighted by atomic mass is 9.71. The number of carbonyl (C=O) groups is 1. The predicted octanol–water partition coefficient (Wildman–Crippen LogP) is 4.00. The Kier molecular flexibility index (Phi) is 6.22. The molecule has 0 aliphatic heterocycles. The first-order valence-corrected chi connectivity index (χ1v) is 6.85. The molecule has 0 fully saturated rings. The van der Waals surface area contributed by atoms with Crippen LogP contribution in [0, 0.1) is 16.7 Å². The van der Waals surface area contributed by atoms with Gasteiger partial charge in [-0.3, -0.25) is 4.79 Å². The maximum absolute atomic E-state index is 12.2. The van der Waals surface area contributed by atoms with Gasteiger partial charge in [0.25, 0.3) is 0 Å². The van der Waals surface area contributed by atoms with Gasteiger partial charge in [-0.1, -0.05) is 54.9 Å². The van der Waals surface area contributed by atoms with Crippen LogP contribution in [0.3, 0.4) is 0 Å². The van der Waals surface area contributed by atoms with Gasteiger partial charge < -0.3 is 5.32 Å². The monoisotopic (exact) mass is 241 g/mol. The lowest BCUT2D eigenvalue weighted by molar-refractivity contribution is -0.129. The molecule has 2 heteroatoms. The second-order valence-corrected chi connectivity index (χ2v) is 7.33. The molecule has 1 atom stereocenters. The molecule has 0 aromatic heterocycles. The van der Waals surface area contributed by atoms with Gasteiger partial charge in [0.05, 0.1) is 0 Å². The number of hydrogen-bond donors (Lipinski definition) is 1. The summed E-state index contributed by atoms with van der Waals surface area (Å²) in [7, 11) is 0. The molecule has 0 heterocycles. The first-order valence-electron chi connectivity index (χ1n) is 6.85. The van der Waals surface area contributed by atoms with Gasteiger partial charge >= 0.3 is 0 Å². The molecule has 0 bridgehead atoms. The van der Waals surface area contributed by atoms with E-state index >= 15 is 0 Å². The molecule has 0 aromatic rings. The number of carbonyl (C=O) groups excluding carboxylic acids is 1. The first-order chi connectivity index (χ1) is 7.58. The Bertz CT molecular complexity index is 232. The highest BCUT2D eigenvalue weighted by Gasteiger charge is 2.34. The van der Waals surface area contributed by atoms with Gasteiger partial charge in [0.2, 0.25) is 5.91 Å². The molecule has 0 aliphatic rings. The highest BCUT2D eigenvalue weighted by molar-refractivity contribution is 5.79. The second-order valence-electron chi connectivity index (χ2n) is 7.33. The number of hydrogen-bond acceptors (Lipinski definition) is 1. The van der Waals surface area contributed by atoms with E-state index in [0.717, 1.165) is 25.8 Å². The van der Waals surface area contributed by atoms with Crippen molar-refractivity contribution in [3.63, 3.8) is 0 Å². The van der Waals surface area contributed by atoms with Crippen molar-refractivity contribution < 1.29 is 4.79 Å². The minimum atomic E-state index is 0.0313. The molecule has 0 aromatic carbocycles. The molecular weight excluding hydrogens is 210 g/mol. The van der Waals surface area contributed by atoms with Crippen LogP contribution < -0.4 is 5.32 Å². The predicted molar refractivity (Wildman–Crippen MR) is 74.9 cm³/mol. The highest BCUT2D eigenvalue weighted by atomic mass is 16.1. The topological polar surface area (TPSA) is 29.1 Å². The van der Waals surface area contributed by atoms with E-state index < -0.39 is 0 Å². The van der Waals surface area contributed by atoms with E-state index in [1.54, 1.807) is 0 Å². The second kappa shape index (κ2) is 6.42. The molecule has 17 heavy (non-hydrogen) atoms. The largest absolute Gasteiger partial charge is 0.356 e. The standard InChI is InChI=1S/C15H31NO/c1-8-9-10-16-13(17)12(15(5,6)7)11-14(2,3)4/h12H,8-11H2,1-7H3,(H,16,17). The Hall–Kier alpha value is -0.530. The summed E-state index contributed by atoms with van der Waals surface area (Å²) < 4.78 is 0. The van der Waals surface area contributed by atoms with E-state index in [0.29, 0.717) is 0 Å². The van der Waals surface area contributed by atoms with Gasteiger partial charge in [0, 0.05) is 12.5 Å². The quantitative estimate of drug-likeness (QED) is 0.724. The summed E-state index contributed by atoms with van der Waals surface area (Å²) in [5.74, 6) is 0.320. The van der Waals surface area contributed by atoms with Crippen molar-refractivity contribution in [3.05, 3.63) is 0 Å². The molecule has 0 spiro atoms. The normalized spacial score (nSPS) is 14.5. The SMILES string of the molecule is CCCCNC(=O)C(CC(C)(C)C)C(C)(C)C. The fourth-order valence-corrected chi connectivity index (χ4v) is 1.92. The van der Waals surface area contributed by atoms with Crippen molar-refractivity contribution in [2.75, 3.05) is 6.54 Å².